The molecule has 7 heteroatoms. The van der Waals surface area contributed by atoms with Crippen LogP contribution in [0.15, 0.2) is 75.7 Å². The molecule has 224 valence electrons. The van der Waals surface area contributed by atoms with Gasteiger partial charge in [0.25, 0.3) is 0 Å². The van der Waals surface area contributed by atoms with E-state index in [0.717, 1.165) is 44.7 Å². The third-order valence-corrected chi connectivity index (χ3v) is 8.25. The molecule has 5 rings (SSSR count). The minimum atomic E-state index is -0.375. The molecule has 7 nitrogen and oxygen atoms in total. The molecule has 2 aromatic heterocycles. The summed E-state index contributed by atoms with van der Waals surface area (Å²) in [6, 6.07) is 22.6. The minimum Gasteiger partial charge on any atom is -0.459 e. The van der Waals surface area contributed by atoms with E-state index in [2.05, 4.69) is 92.0 Å². The van der Waals surface area contributed by atoms with Gasteiger partial charge in [0.05, 0.1) is 11.7 Å². The summed E-state index contributed by atoms with van der Waals surface area (Å²) in [6.07, 6.45) is -0.302. The van der Waals surface area contributed by atoms with E-state index in [0.29, 0.717) is 5.76 Å². The van der Waals surface area contributed by atoms with Crippen LogP contribution >= 0.6 is 0 Å². The van der Waals surface area contributed by atoms with Crippen LogP contribution in [0.25, 0.3) is 22.1 Å². The Kier molecular flexibility index (Phi) is 8.58. The lowest BCUT2D eigenvalue weighted by molar-refractivity contribution is -0.119. The number of fused-ring (bicyclic) bond motifs is 1. The van der Waals surface area contributed by atoms with Crippen LogP contribution in [0.2, 0.25) is 0 Å². The molecule has 0 saturated carbocycles. The highest BCUT2D eigenvalue weighted by Gasteiger charge is 2.35. The SMILES string of the molecule is CNC(C)(C)C(OCc1cc2cc(C(NC(C)=O)c3ccc(-c4ccc(C)cc4C)cc3)ccc2o1)c1c(C)noc1C. The summed E-state index contributed by atoms with van der Waals surface area (Å²) in [5.41, 5.74) is 8.96. The first kappa shape index (κ1) is 30.3. The predicted octanol–water partition coefficient (Wildman–Crippen LogP) is 7.80. The lowest BCUT2D eigenvalue weighted by Crippen LogP contribution is -2.43. The second-order valence-corrected chi connectivity index (χ2v) is 12.0. The fourth-order valence-corrected chi connectivity index (χ4v) is 5.74. The van der Waals surface area contributed by atoms with Gasteiger partial charge in [-0.2, -0.15) is 0 Å². The van der Waals surface area contributed by atoms with Gasteiger partial charge in [0.1, 0.15) is 29.8 Å². The fourth-order valence-electron chi connectivity index (χ4n) is 5.74. The van der Waals surface area contributed by atoms with Crippen molar-refractivity contribution in [3.63, 3.8) is 0 Å². The highest BCUT2D eigenvalue weighted by atomic mass is 16.5. The maximum atomic E-state index is 12.3. The van der Waals surface area contributed by atoms with Gasteiger partial charge in [-0.15, -0.1) is 0 Å². The number of nitrogens with zero attached hydrogens (tertiary/aromatic N) is 1. The van der Waals surface area contributed by atoms with Crippen LogP contribution in [0.4, 0.5) is 0 Å². The Balaban J connectivity index is 1.41. The number of aromatic nitrogens is 1. The molecular weight excluding hydrogens is 538 g/mol. The highest BCUT2D eigenvalue weighted by molar-refractivity contribution is 5.80. The molecule has 2 N–H and O–H groups in total. The van der Waals surface area contributed by atoms with Gasteiger partial charge in [0, 0.05) is 23.4 Å². The first-order valence-corrected chi connectivity index (χ1v) is 14.7. The van der Waals surface area contributed by atoms with Crippen LogP contribution in [0.1, 0.15) is 77.9 Å². The molecule has 43 heavy (non-hydrogen) atoms. The minimum absolute atomic E-state index is 0.0950. The summed E-state index contributed by atoms with van der Waals surface area (Å²) in [6.45, 7) is 14.1. The van der Waals surface area contributed by atoms with E-state index in [1.54, 1.807) is 6.92 Å². The number of hydrogen-bond donors (Lipinski definition) is 2. The number of nitrogens with one attached hydrogen (secondary N) is 2. The summed E-state index contributed by atoms with van der Waals surface area (Å²) < 4.78 is 18.1. The first-order valence-electron chi connectivity index (χ1n) is 14.7. The van der Waals surface area contributed by atoms with Gasteiger partial charge in [-0.3, -0.25) is 4.79 Å². The lowest BCUT2D eigenvalue weighted by Gasteiger charge is -2.34. The normalized spacial score (nSPS) is 13.3. The van der Waals surface area contributed by atoms with Crippen LogP contribution in [0, 0.1) is 27.7 Å². The Hall–Kier alpha value is -4.20. The second kappa shape index (κ2) is 12.2. The quantitative estimate of drug-likeness (QED) is 0.175. The Morgan fingerprint density at radius 2 is 1.67 bits per heavy atom. The summed E-state index contributed by atoms with van der Waals surface area (Å²) in [5.74, 6) is 1.36. The van der Waals surface area contributed by atoms with E-state index in [1.807, 2.05) is 39.1 Å². The van der Waals surface area contributed by atoms with Crippen molar-refractivity contribution in [1.29, 1.82) is 0 Å². The number of rotatable bonds is 10. The summed E-state index contributed by atoms with van der Waals surface area (Å²) in [5, 5.41) is 11.6. The molecule has 0 bridgehead atoms. The number of hydrogen-bond acceptors (Lipinski definition) is 6. The molecular formula is C36H41N3O4. The Morgan fingerprint density at radius 3 is 2.30 bits per heavy atom. The van der Waals surface area contributed by atoms with Gasteiger partial charge in [-0.25, -0.2) is 0 Å². The van der Waals surface area contributed by atoms with Crippen LogP contribution in [-0.4, -0.2) is 23.7 Å². The van der Waals surface area contributed by atoms with E-state index in [1.165, 1.54) is 16.7 Å². The number of carbonyl (C=O) groups is 1. The number of amides is 1. The van der Waals surface area contributed by atoms with Crippen molar-refractivity contribution >= 4 is 16.9 Å². The number of benzene rings is 3. The van der Waals surface area contributed by atoms with Crippen molar-refractivity contribution in [2.24, 2.45) is 0 Å². The van der Waals surface area contributed by atoms with E-state index < -0.39 is 0 Å². The molecule has 2 heterocycles. The standard InChI is InChI=1S/C36H41N3O4/c1-21-9-15-31(22(2)17-21)26-10-12-27(13-11-26)34(38-25(5)40)28-14-16-32-29(18-28)19-30(42-32)20-41-35(36(6,7)37-8)33-23(3)39-43-24(33)4/h9-19,34-35,37H,20H2,1-8H3,(H,38,40). The monoisotopic (exact) mass is 579 g/mol. The third-order valence-electron chi connectivity index (χ3n) is 8.25. The molecule has 2 unspecified atom stereocenters. The highest BCUT2D eigenvalue weighted by Crippen LogP contribution is 2.35. The van der Waals surface area contributed by atoms with Crippen molar-refractivity contribution in [2.75, 3.05) is 7.05 Å². The van der Waals surface area contributed by atoms with Crippen LogP contribution in [-0.2, 0) is 16.1 Å². The molecule has 0 aliphatic heterocycles. The number of carbonyl (C=O) groups excluding carboxylic acids is 1. The van der Waals surface area contributed by atoms with E-state index >= 15 is 0 Å². The zero-order chi connectivity index (χ0) is 30.9. The Labute approximate surface area is 253 Å². The average Bonchev–Trinajstić information content (AvgIpc) is 3.53. The first-order chi connectivity index (χ1) is 20.5. The molecule has 0 spiro atoms. The molecule has 0 radical (unpaired) electrons. The van der Waals surface area contributed by atoms with Crippen LogP contribution in [0.3, 0.4) is 0 Å². The summed E-state index contributed by atoms with van der Waals surface area (Å²) >= 11 is 0. The van der Waals surface area contributed by atoms with Crippen molar-refractivity contribution < 1.29 is 18.5 Å². The zero-order valence-electron chi connectivity index (χ0n) is 26.3. The number of aryl methyl sites for hydroxylation is 4. The summed E-state index contributed by atoms with van der Waals surface area (Å²) in [4.78, 5) is 12.3. The van der Waals surface area contributed by atoms with E-state index in [9.17, 15) is 4.79 Å². The molecule has 0 aliphatic carbocycles. The molecule has 0 fully saturated rings. The maximum Gasteiger partial charge on any atom is 0.217 e. The van der Waals surface area contributed by atoms with Gasteiger partial charge in [0.2, 0.25) is 5.91 Å². The number of likely N-dealkylation sites (N-methyl/N-ethyl adjacent to an activating group) is 1. The van der Waals surface area contributed by atoms with Crippen molar-refractivity contribution in [3.05, 3.63) is 112 Å². The molecule has 5 aromatic rings. The topological polar surface area (TPSA) is 89.5 Å². The number of furan rings is 1. The Bertz CT molecular complexity index is 1730. The largest absolute Gasteiger partial charge is 0.459 e. The number of ether oxygens (including phenoxy) is 1. The van der Waals surface area contributed by atoms with Gasteiger partial charge < -0.3 is 24.3 Å². The Morgan fingerprint density at radius 1 is 0.953 bits per heavy atom. The van der Waals surface area contributed by atoms with E-state index in [4.69, 9.17) is 13.7 Å². The molecule has 0 saturated heterocycles. The van der Waals surface area contributed by atoms with Crippen molar-refractivity contribution in [3.8, 4) is 11.1 Å². The van der Waals surface area contributed by atoms with Gasteiger partial charge in [-0.05, 0) is 94.6 Å². The molecule has 0 aliphatic rings. The third kappa shape index (κ3) is 6.43. The lowest BCUT2D eigenvalue weighted by atomic mass is 9.90. The zero-order valence-corrected chi connectivity index (χ0v) is 26.3. The maximum absolute atomic E-state index is 12.3. The van der Waals surface area contributed by atoms with Gasteiger partial charge in [0.15, 0.2) is 0 Å². The molecule has 1 amide bonds. The van der Waals surface area contributed by atoms with Gasteiger partial charge in [-0.1, -0.05) is 59.3 Å². The van der Waals surface area contributed by atoms with Crippen LogP contribution < -0.4 is 10.6 Å². The van der Waals surface area contributed by atoms with E-state index in [-0.39, 0.29) is 30.2 Å². The predicted molar refractivity (Wildman–Crippen MR) is 170 cm³/mol. The summed E-state index contributed by atoms with van der Waals surface area (Å²) in [7, 11) is 1.92. The van der Waals surface area contributed by atoms with Crippen molar-refractivity contribution in [2.45, 2.75) is 72.8 Å². The average molecular weight is 580 g/mol. The van der Waals surface area contributed by atoms with Crippen LogP contribution in [0.5, 0.6) is 0 Å². The second-order valence-electron chi connectivity index (χ2n) is 12.0. The smallest absolute Gasteiger partial charge is 0.217 e. The molecule has 3 aromatic carbocycles. The van der Waals surface area contributed by atoms with Crippen molar-refractivity contribution in [1.82, 2.24) is 15.8 Å². The fraction of sp³-hybridized carbons (Fsp3) is 0.333. The van der Waals surface area contributed by atoms with Gasteiger partial charge >= 0.3 is 0 Å². The molecule has 2 atom stereocenters.